The number of nitro groups is 1. The van der Waals surface area contributed by atoms with Crippen molar-refractivity contribution in [1.82, 2.24) is 4.90 Å². The van der Waals surface area contributed by atoms with Gasteiger partial charge in [0.05, 0.1) is 30.7 Å². The van der Waals surface area contributed by atoms with Gasteiger partial charge in [-0.15, -0.1) is 0 Å². The average molecular weight is 522 g/mol. The maximum absolute atomic E-state index is 13.7. The summed E-state index contributed by atoms with van der Waals surface area (Å²) in [7, 11) is 2.95. The molecule has 11 heteroatoms. The largest absolute Gasteiger partial charge is 0.497 e. The van der Waals surface area contributed by atoms with Gasteiger partial charge in [-0.2, -0.15) is 0 Å². The van der Waals surface area contributed by atoms with E-state index in [1.165, 1.54) is 31.3 Å². The third-order valence-corrected chi connectivity index (χ3v) is 6.88. The van der Waals surface area contributed by atoms with Gasteiger partial charge in [-0.05, 0) is 55.0 Å². The number of nitrogens with zero attached hydrogens (tertiary/aromatic N) is 3. The van der Waals surface area contributed by atoms with E-state index in [0.29, 0.717) is 33.3 Å². The van der Waals surface area contributed by atoms with Crippen LogP contribution in [0.4, 0.5) is 11.4 Å². The monoisotopic (exact) mass is 521 g/mol. The van der Waals surface area contributed by atoms with Crippen LogP contribution in [0.2, 0.25) is 5.02 Å². The molecule has 0 spiro atoms. The first-order valence-electron chi connectivity index (χ1n) is 11.2. The Morgan fingerprint density at radius 2 is 1.68 bits per heavy atom. The molecule has 2 aliphatic rings. The number of ether oxygens (including phenoxy) is 2. The van der Waals surface area contributed by atoms with E-state index in [0.717, 1.165) is 11.0 Å². The lowest BCUT2D eigenvalue weighted by Gasteiger charge is -2.50. The first kappa shape index (κ1) is 24.3. The number of halogens is 1. The van der Waals surface area contributed by atoms with Crippen molar-refractivity contribution >= 4 is 40.7 Å². The maximum atomic E-state index is 13.7. The molecule has 2 aliphatic heterocycles. The Labute approximate surface area is 216 Å². The van der Waals surface area contributed by atoms with Crippen molar-refractivity contribution in [2.75, 3.05) is 19.1 Å². The van der Waals surface area contributed by atoms with Crippen LogP contribution >= 0.6 is 11.6 Å². The molecule has 2 atom stereocenters. The Morgan fingerprint density at radius 1 is 0.919 bits per heavy atom. The van der Waals surface area contributed by atoms with Crippen LogP contribution in [-0.2, 0) is 4.79 Å². The van der Waals surface area contributed by atoms with Crippen molar-refractivity contribution in [3.63, 3.8) is 0 Å². The van der Waals surface area contributed by atoms with Gasteiger partial charge in [0, 0.05) is 22.3 Å². The molecule has 3 aromatic carbocycles. The van der Waals surface area contributed by atoms with E-state index in [-0.39, 0.29) is 11.1 Å². The van der Waals surface area contributed by atoms with Gasteiger partial charge in [0.15, 0.2) is 0 Å². The summed E-state index contributed by atoms with van der Waals surface area (Å²) < 4.78 is 10.9. The number of nitro benzene ring substituents is 1. The number of carbonyl (C=O) groups excluding carboxylic acids is 3. The van der Waals surface area contributed by atoms with E-state index < -0.39 is 40.4 Å². The van der Waals surface area contributed by atoms with Gasteiger partial charge in [-0.3, -0.25) is 34.3 Å². The van der Waals surface area contributed by atoms with Gasteiger partial charge >= 0.3 is 0 Å². The number of anilines is 1. The second kappa shape index (κ2) is 8.90. The lowest BCUT2D eigenvalue weighted by atomic mass is 9.85. The molecule has 0 bridgehead atoms. The van der Waals surface area contributed by atoms with E-state index >= 15 is 0 Å². The van der Waals surface area contributed by atoms with Gasteiger partial charge in [-0.1, -0.05) is 17.7 Å². The summed E-state index contributed by atoms with van der Waals surface area (Å²) in [6, 6.07) is 11.7. The molecule has 1 saturated heterocycles. The molecule has 0 radical (unpaired) electrons. The Balaban J connectivity index is 1.68. The van der Waals surface area contributed by atoms with E-state index in [1.807, 2.05) is 0 Å². The van der Waals surface area contributed by atoms with Crippen molar-refractivity contribution < 1.29 is 28.8 Å². The molecule has 37 heavy (non-hydrogen) atoms. The fraction of sp³-hybridized carbons (Fsp3) is 0.192. The molecule has 188 valence electrons. The summed E-state index contributed by atoms with van der Waals surface area (Å²) in [4.78, 5) is 53.8. The summed E-state index contributed by atoms with van der Waals surface area (Å²) in [5.41, 5.74) is 0.775. The molecular formula is C26H20ClN3O7. The SMILES string of the molecule is COc1ccc(OC)c([C@H]2[C@H](N3C(=O)c4cccc([N+](=O)[O-])c4C3=O)C(=O)N2c2ccc(Cl)cc2C)c1. The first-order chi connectivity index (χ1) is 17.7. The highest BCUT2D eigenvalue weighted by Gasteiger charge is 2.59. The lowest BCUT2D eigenvalue weighted by molar-refractivity contribution is -0.385. The summed E-state index contributed by atoms with van der Waals surface area (Å²) in [6.07, 6.45) is 0. The summed E-state index contributed by atoms with van der Waals surface area (Å²) >= 11 is 6.13. The number of rotatable bonds is 6. The van der Waals surface area contributed by atoms with Crippen molar-refractivity contribution in [3.05, 3.63) is 92.0 Å². The molecular weight excluding hydrogens is 502 g/mol. The van der Waals surface area contributed by atoms with Crippen LogP contribution in [-0.4, -0.2) is 47.8 Å². The van der Waals surface area contributed by atoms with E-state index in [1.54, 1.807) is 43.3 Å². The highest BCUT2D eigenvalue weighted by molar-refractivity contribution is 6.31. The highest BCUT2D eigenvalue weighted by Crippen LogP contribution is 2.49. The zero-order valence-corrected chi connectivity index (χ0v) is 20.7. The van der Waals surface area contributed by atoms with Crippen LogP contribution in [0.3, 0.4) is 0 Å². The van der Waals surface area contributed by atoms with E-state index in [2.05, 4.69) is 0 Å². The third-order valence-electron chi connectivity index (χ3n) is 6.64. The van der Waals surface area contributed by atoms with Gasteiger partial charge in [0.1, 0.15) is 23.1 Å². The van der Waals surface area contributed by atoms with Crippen molar-refractivity contribution in [1.29, 1.82) is 0 Å². The minimum atomic E-state index is -1.27. The van der Waals surface area contributed by atoms with Crippen molar-refractivity contribution in [3.8, 4) is 11.5 Å². The Bertz CT molecular complexity index is 1510. The quantitative estimate of drug-likeness (QED) is 0.205. The number of benzene rings is 3. The topological polar surface area (TPSA) is 119 Å². The van der Waals surface area contributed by atoms with Gasteiger partial charge in [0.25, 0.3) is 23.4 Å². The number of imide groups is 1. The van der Waals surface area contributed by atoms with Crippen LogP contribution < -0.4 is 14.4 Å². The summed E-state index contributed by atoms with van der Waals surface area (Å²) in [5, 5.41) is 12.1. The molecule has 3 amide bonds. The first-order valence-corrected chi connectivity index (χ1v) is 11.5. The van der Waals surface area contributed by atoms with Crippen LogP contribution in [0.15, 0.2) is 54.6 Å². The zero-order chi connectivity index (χ0) is 26.6. The van der Waals surface area contributed by atoms with E-state index in [4.69, 9.17) is 21.1 Å². The lowest BCUT2D eigenvalue weighted by Crippen LogP contribution is -2.67. The Hall–Kier alpha value is -4.44. The fourth-order valence-corrected chi connectivity index (χ4v) is 5.18. The second-order valence-corrected chi connectivity index (χ2v) is 9.01. The van der Waals surface area contributed by atoms with E-state index in [9.17, 15) is 24.5 Å². The average Bonchev–Trinajstić information content (AvgIpc) is 3.13. The molecule has 10 nitrogen and oxygen atoms in total. The van der Waals surface area contributed by atoms with Crippen LogP contribution in [0.25, 0.3) is 0 Å². The standard InChI is InChI=1S/C26H20ClN3O7/c1-13-11-14(27)7-9-18(13)28-22(17-12-15(36-2)8-10-20(17)37-3)23(26(28)33)29-24(31)16-5-4-6-19(30(34)35)21(16)25(29)32/h4-12,22-23H,1-3H3/t22-,23-/m0/s1. The molecule has 0 unspecified atom stereocenters. The number of fused-ring (bicyclic) bond motifs is 1. The van der Waals surface area contributed by atoms with Gasteiger partial charge in [0.2, 0.25) is 0 Å². The third kappa shape index (κ3) is 3.60. The number of β-lactam (4-membered cyclic amide) rings is 1. The summed E-state index contributed by atoms with van der Waals surface area (Å²) in [6.45, 7) is 1.78. The molecule has 0 aliphatic carbocycles. The van der Waals surface area contributed by atoms with Crippen molar-refractivity contribution in [2.45, 2.75) is 19.0 Å². The molecule has 0 aromatic heterocycles. The number of aryl methyl sites for hydroxylation is 1. The Kier molecular flexibility index (Phi) is 5.83. The molecule has 5 rings (SSSR count). The van der Waals surface area contributed by atoms with Crippen LogP contribution in [0.1, 0.15) is 37.9 Å². The minimum Gasteiger partial charge on any atom is -0.497 e. The van der Waals surface area contributed by atoms with Crippen molar-refractivity contribution in [2.24, 2.45) is 0 Å². The van der Waals surface area contributed by atoms with Gasteiger partial charge < -0.3 is 9.47 Å². The predicted octanol–water partition coefficient (Wildman–Crippen LogP) is 4.33. The molecule has 0 saturated carbocycles. The predicted molar refractivity (Wildman–Crippen MR) is 133 cm³/mol. The minimum absolute atomic E-state index is 0.121. The zero-order valence-electron chi connectivity index (χ0n) is 19.9. The number of hydrogen-bond acceptors (Lipinski definition) is 7. The van der Waals surface area contributed by atoms with Gasteiger partial charge in [-0.25, -0.2) is 0 Å². The molecule has 0 N–H and O–H groups in total. The molecule has 3 aromatic rings. The second-order valence-electron chi connectivity index (χ2n) is 8.57. The highest BCUT2D eigenvalue weighted by atomic mass is 35.5. The fourth-order valence-electron chi connectivity index (χ4n) is 4.95. The van der Waals surface area contributed by atoms with Crippen LogP contribution in [0.5, 0.6) is 11.5 Å². The number of methoxy groups -OCH3 is 2. The molecule has 2 heterocycles. The number of carbonyl (C=O) groups is 3. The van der Waals surface area contributed by atoms with Crippen LogP contribution in [0, 0.1) is 17.0 Å². The molecule has 1 fully saturated rings. The number of amides is 3. The smallest absolute Gasteiger partial charge is 0.282 e. The normalized spacial score (nSPS) is 18.5. The summed E-state index contributed by atoms with van der Waals surface area (Å²) in [5.74, 6) is -1.33. The Morgan fingerprint density at radius 3 is 2.32 bits per heavy atom. The number of hydrogen-bond donors (Lipinski definition) is 0. The maximum Gasteiger partial charge on any atom is 0.282 e.